The summed E-state index contributed by atoms with van der Waals surface area (Å²) in [4.78, 5) is 10.1. The molecule has 0 aliphatic rings. The molecule has 0 fully saturated rings. The summed E-state index contributed by atoms with van der Waals surface area (Å²) in [6.07, 6.45) is 4.24. The summed E-state index contributed by atoms with van der Waals surface area (Å²) in [5.41, 5.74) is 0. The van der Waals surface area contributed by atoms with E-state index in [0.29, 0.717) is 18.5 Å². The van der Waals surface area contributed by atoms with Crippen LogP contribution in [-0.4, -0.2) is 29.6 Å². The van der Waals surface area contributed by atoms with Crippen molar-refractivity contribution in [2.45, 2.75) is 13.8 Å². The Morgan fingerprint density at radius 2 is 1.92 bits per heavy atom. The molecular weight excluding hydrogens is 175 g/mol. The summed E-state index contributed by atoms with van der Waals surface area (Å²) >= 11 is 0. The maximum atomic E-state index is 11.7. The predicted octanol–water partition coefficient (Wildman–Crippen LogP) is 2.03. The van der Waals surface area contributed by atoms with Crippen LogP contribution in [-0.2, 0) is 9.36 Å². The number of allylic oxidation sites excluding steroid dienone is 1. The Labute approximate surface area is 72.8 Å². The lowest BCUT2D eigenvalue weighted by molar-refractivity contribution is -0.131. The van der Waals surface area contributed by atoms with Gasteiger partial charge >= 0.3 is 5.97 Å². The first-order valence-electron chi connectivity index (χ1n) is 4.00. The van der Waals surface area contributed by atoms with Crippen molar-refractivity contribution in [3.63, 3.8) is 0 Å². The molecule has 0 bridgehead atoms. The SMILES string of the molecule is CCP(=O)(CC)C/C=C/C(=O)O. The van der Waals surface area contributed by atoms with Gasteiger partial charge < -0.3 is 9.67 Å². The van der Waals surface area contributed by atoms with E-state index in [2.05, 4.69) is 0 Å². The van der Waals surface area contributed by atoms with Crippen LogP contribution in [0.2, 0.25) is 0 Å². The lowest BCUT2D eigenvalue weighted by atomic mass is 10.5. The fourth-order valence-corrected chi connectivity index (χ4v) is 2.28. The highest BCUT2D eigenvalue weighted by molar-refractivity contribution is 7.64. The molecule has 0 saturated carbocycles. The van der Waals surface area contributed by atoms with Gasteiger partial charge in [0.15, 0.2) is 0 Å². The zero-order valence-corrected chi connectivity index (χ0v) is 8.38. The summed E-state index contributed by atoms with van der Waals surface area (Å²) in [6.45, 7) is 3.75. The van der Waals surface area contributed by atoms with Gasteiger partial charge in [-0.3, -0.25) is 0 Å². The molecule has 0 aliphatic carbocycles. The van der Waals surface area contributed by atoms with E-state index in [4.69, 9.17) is 5.11 Å². The second-order valence-electron chi connectivity index (χ2n) is 2.61. The fourth-order valence-electron chi connectivity index (χ4n) is 0.827. The average molecular weight is 190 g/mol. The van der Waals surface area contributed by atoms with Gasteiger partial charge in [0.1, 0.15) is 0 Å². The highest BCUT2D eigenvalue weighted by Gasteiger charge is 2.14. The molecular formula is C8H15O3P. The Morgan fingerprint density at radius 1 is 1.42 bits per heavy atom. The van der Waals surface area contributed by atoms with Gasteiger partial charge in [-0.2, -0.15) is 0 Å². The van der Waals surface area contributed by atoms with E-state index in [1.165, 1.54) is 6.08 Å². The van der Waals surface area contributed by atoms with E-state index >= 15 is 0 Å². The van der Waals surface area contributed by atoms with Crippen LogP contribution >= 0.6 is 7.14 Å². The van der Waals surface area contributed by atoms with Crippen LogP contribution in [0.3, 0.4) is 0 Å². The Bertz CT molecular complexity index is 212. The average Bonchev–Trinajstić information content (AvgIpc) is 2.03. The predicted molar refractivity (Wildman–Crippen MR) is 50.3 cm³/mol. The first kappa shape index (κ1) is 11.4. The topological polar surface area (TPSA) is 54.4 Å². The Balaban J connectivity index is 4.06. The molecule has 0 spiro atoms. The lowest BCUT2D eigenvalue weighted by Crippen LogP contribution is -1.94. The van der Waals surface area contributed by atoms with Crippen LogP contribution < -0.4 is 0 Å². The molecule has 0 aromatic heterocycles. The Morgan fingerprint density at radius 3 is 2.25 bits per heavy atom. The van der Waals surface area contributed by atoms with Crippen LogP contribution in [0.5, 0.6) is 0 Å². The minimum Gasteiger partial charge on any atom is -0.478 e. The molecule has 70 valence electrons. The molecule has 3 nitrogen and oxygen atoms in total. The summed E-state index contributed by atoms with van der Waals surface area (Å²) in [6, 6.07) is 0. The molecule has 0 amide bonds. The van der Waals surface area contributed by atoms with Crippen molar-refractivity contribution in [1.29, 1.82) is 0 Å². The first-order chi connectivity index (χ1) is 5.54. The van der Waals surface area contributed by atoms with Crippen molar-refractivity contribution in [3.05, 3.63) is 12.2 Å². The molecule has 0 unspecified atom stereocenters. The summed E-state index contributed by atoms with van der Waals surface area (Å²) < 4.78 is 11.7. The number of hydrogen-bond donors (Lipinski definition) is 1. The maximum absolute atomic E-state index is 11.7. The number of carboxylic acid groups (broad SMARTS) is 1. The molecule has 0 aromatic rings. The smallest absolute Gasteiger partial charge is 0.327 e. The van der Waals surface area contributed by atoms with E-state index in [-0.39, 0.29) is 0 Å². The second kappa shape index (κ2) is 5.15. The third-order valence-corrected chi connectivity index (χ3v) is 5.03. The molecule has 0 rings (SSSR count). The van der Waals surface area contributed by atoms with Crippen molar-refractivity contribution in [2.24, 2.45) is 0 Å². The molecule has 1 N–H and O–H groups in total. The zero-order valence-electron chi connectivity index (χ0n) is 7.49. The minimum absolute atomic E-state index is 0.409. The molecule has 12 heavy (non-hydrogen) atoms. The fraction of sp³-hybridized carbons (Fsp3) is 0.625. The van der Waals surface area contributed by atoms with Crippen LogP contribution in [0.15, 0.2) is 12.2 Å². The molecule has 0 radical (unpaired) electrons. The van der Waals surface area contributed by atoms with Gasteiger partial charge in [0.05, 0.1) is 7.14 Å². The van der Waals surface area contributed by atoms with Gasteiger partial charge in [-0.05, 0) is 12.3 Å². The molecule has 0 heterocycles. The van der Waals surface area contributed by atoms with Gasteiger partial charge in [-0.15, -0.1) is 0 Å². The van der Waals surface area contributed by atoms with Crippen molar-refractivity contribution in [1.82, 2.24) is 0 Å². The summed E-state index contributed by atoms with van der Waals surface area (Å²) in [5, 5.41) is 8.28. The van der Waals surface area contributed by atoms with E-state index in [0.717, 1.165) is 6.08 Å². The Kier molecular flexibility index (Phi) is 4.91. The van der Waals surface area contributed by atoms with Gasteiger partial charge in [0, 0.05) is 12.2 Å². The van der Waals surface area contributed by atoms with Crippen molar-refractivity contribution in [2.75, 3.05) is 18.5 Å². The van der Waals surface area contributed by atoms with Crippen molar-refractivity contribution < 1.29 is 14.5 Å². The van der Waals surface area contributed by atoms with Crippen LogP contribution in [0, 0.1) is 0 Å². The molecule has 0 saturated heterocycles. The van der Waals surface area contributed by atoms with E-state index in [1.54, 1.807) is 0 Å². The van der Waals surface area contributed by atoms with Crippen molar-refractivity contribution in [3.8, 4) is 0 Å². The normalized spacial score (nSPS) is 12.2. The summed E-state index contributed by atoms with van der Waals surface area (Å²) in [5.74, 6) is -0.978. The zero-order chi connectivity index (χ0) is 9.61. The highest BCUT2D eigenvalue weighted by Crippen LogP contribution is 2.44. The number of carbonyl (C=O) groups is 1. The molecule has 0 aliphatic heterocycles. The largest absolute Gasteiger partial charge is 0.478 e. The standard InChI is InChI=1S/C8H15O3P/c1-3-12(11,4-2)7-5-6-8(9)10/h5-6H,3-4,7H2,1-2H3,(H,9,10)/b6-5+. The van der Waals surface area contributed by atoms with Crippen LogP contribution in [0.1, 0.15) is 13.8 Å². The molecule has 0 atom stereocenters. The highest BCUT2D eigenvalue weighted by atomic mass is 31.2. The number of rotatable bonds is 5. The van der Waals surface area contributed by atoms with Gasteiger partial charge in [0.25, 0.3) is 0 Å². The third kappa shape index (κ3) is 4.35. The van der Waals surface area contributed by atoms with E-state index < -0.39 is 13.1 Å². The third-order valence-electron chi connectivity index (χ3n) is 1.85. The molecule has 0 aromatic carbocycles. The number of carboxylic acids is 1. The Hall–Kier alpha value is -0.560. The molecule has 4 heteroatoms. The van der Waals surface area contributed by atoms with Gasteiger partial charge in [0.2, 0.25) is 0 Å². The minimum atomic E-state index is -2.09. The maximum Gasteiger partial charge on any atom is 0.327 e. The second-order valence-corrected chi connectivity index (χ2v) is 6.36. The quantitative estimate of drug-likeness (QED) is 0.533. The van der Waals surface area contributed by atoms with Crippen LogP contribution in [0.25, 0.3) is 0 Å². The van der Waals surface area contributed by atoms with Crippen molar-refractivity contribution >= 4 is 13.1 Å². The van der Waals surface area contributed by atoms with Crippen LogP contribution in [0.4, 0.5) is 0 Å². The van der Waals surface area contributed by atoms with Gasteiger partial charge in [-0.25, -0.2) is 4.79 Å². The van der Waals surface area contributed by atoms with E-state index in [9.17, 15) is 9.36 Å². The van der Waals surface area contributed by atoms with Gasteiger partial charge in [-0.1, -0.05) is 19.9 Å². The number of hydrogen-bond acceptors (Lipinski definition) is 2. The summed E-state index contributed by atoms with van der Waals surface area (Å²) in [7, 11) is -2.09. The monoisotopic (exact) mass is 190 g/mol. The van der Waals surface area contributed by atoms with E-state index in [1.807, 2.05) is 13.8 Å². The number of aliphatic carboxylic acids is 1. The lowest BCUT2D eigenvalue weighted by Gasteiger charge is -2.09. The first-order valence-corrected chi connectivity index (χ1v) is 6.27.